The van der Waals surface area contributed by atoms with Crippen molar-refractivity contribution < 1.29 is 9.84 Å². The lowest BCUT2D eigenvalue weighted by molar-refractivity contribution is 0.122. The third kappa shape index (κ3) is 3.61. The van der Waals surface area contributed by atoms with E-state index >= 15 is 0 Å². The highest BCUT2D eigenvalue weighted by Gasteiger charge is 2.19. The summed E-state index contributed by atoms with van der Waals surface area (Å²) in [5.74, 6) is 1.80. The number of hydrogen-bond donors (Lipinski definition) is 1. The zero-order valence-electron chi connectivity index (χ0n) is 12.3. The molecule has 7 nitrogen and oxygen atoms in total. The average molecular weight is 293 g/mol. The summed E-state index contributed by atoms with van der Waals surface area (Å²) in [5, 5.41) is 8.99. The number of hydrogen-bond acceptors (Lipinski definition) is 7. The highest BCUT2D eigenvalue weighted by molar-refractivity contribution is 5.44. The van der Waals surface area contributed by atoms with Crippen LogP contribution in [0.3, 0.4) is 0 Å². The molecular weight excluding hydrogens is 270 g/mol. The van der Waals surface area contributed by atoms with Gasteiger partial charge < -0.3 is 19.6 Å². The van der Waals surface area contributed by atoms with Crippen LogP contribution in [0, 0.1) is 0 Å². The number of aliphatic hydroxyl groups is 1. The molecule has 0 unspecified atom stereocenters. The molecule has 0 aliphatic carbocycles. The van der Waals surface area contributed by atoms with E-state index in [1.54, 1.807) is 0 Å². The molecule has 2 fully saturated rings. The third-order valence-electron chi connectivity index (χ3n) is 4.03. The van der Waals surface area contributed by atoms with Gasteiger partial charge in [0, 0.05) is 52.0 Å². The van der Waals surface area contributed by atoms with Crippen molar-refractivity contribution in [3.63, 3.8) is 0 Å². The van der Waals surface area contributed by atoms with E-state index in [0.29, 0.717) is 0 Å². The molecule has 1 aromatic rings. The lowest BCUT2D eigenvalue weighted by Gasteiger charge is -2.35. The predicted molar refractivity (Wildman–Crippen MR) is 80.8 cm³/mol. The van der Waals surface area contributed by atoms with Gasteiger partial charge in [-0.2, -0.15) is 4.98 Å². The number of piperazine rings is 1. The average Bonchev–Trinajstić information content (AvgIpc) is 2.57. The number of rotatable bonds is 4. The van der Waals surface area contributed by atoms with Crippen LogP contribution in [0.15, 0.2) is 12.3 Å². The summed E-state index contributed by atoms with van der Waals surface area (Å²) in [4.78, 5) is 15.8. The van der Waals surface area contributed by atoms with Gasteiger partial charge >= 0.3 is 0 Å². The van der Waals surface area contributed by atoms with Crippen LogP contribution in [0.1, 0.15) is 0 Å². The summed E-state index contributed by atoms with van der Waals surface area (Å²) in [6.45, 7) is 8.02. The van der Waals surface area contributed by atoms with Crippen LogP contribution >= 0.6 is 0 Å². The molecule has 0 bridgehead atoms. The molecule has 1 N–H and O–H groups in total. The molecule has 116 valence electrons. The first kappa shape index (κ1) is 14.5. The van der Waals surface area contributed by atoms with Crippen LogP contribution < -0.4 is 9.80 Å². The minimum Gasteiger partial charge on any atom is -0.395 e. The SMILES string of the molecule is OCCN1CCN(c2ccnc(N3CCOCC3)n2)CC1. The summed E-state index contributed by atoms with van der Waals surface area (Å²) in [7, 11) is 0. The summed E-state index contributed by atoms with van der Waals surface area (Å²) in [6.07, 6.45) is 1.84. The Labute approximate surface area is 125 Å². The highest BCUT2D eigenvalue weighted by atomic mass is 16.5. The van der Waals surface area contributed by atoms with Crippen LogP contribution in [-0.4, -0.2) is 85.6 Å². The van der Waals surface area contributed by atoms with Gasteiger partial charge in [-0.3, -0.25) is 4.90 Å². The standard InChI is InChI=1S/C14H23N5O2/c20-10-7-17-3-5-18(6-4-17)13-1-2-15-14(16-13)19-8-11-21-12-9-19/h1-2,20H,3-12H2. The predicted octanol–water partition coefficient (Wildman–Crippen LogP) is -0.572. The van der Waals surface area contributed by atoms with E-state index < -0.39 is 0 Å². The lowest BCUT2D eigenvalue weighted by Crippen LogP contribution is -2.47. The van der Waals surface area contributed by atoms with E-state index in [0.717, 1.165) is 70.8 Å². The number of anilines is 2. The van der Waals surface area contributed by atoms with Crippen molar-refractivity contribution in [1.82, 2.24) is 14.9 Å². The van der Waals surface area contributed by atoms with Gasteiger partial charge in [0.2, 0.25) is 5.95 Å². The Morgan fingerprint density at radius 3 is 2.52 bits per heavy atom. The number of nitrogens with zero attached hydrogens (tertiary/aromatic N) is 5. The van der Waals surface area contributed by atoms with Crippen molar-refractivity contribution in [2.24, 2.45) is 0 Å². The summed E-state index contributed by atoms with van der Waals surface area (Å²) in [6, 6.07) is 1.98. The molecule has 7 heteroatoms. The van der Waals surface area contributed by atoms with E-state index in [4.69, 9.17) is 14.8 Å². The molecule has 3 heterocycles. The Morgan fingerprint density at radius 2 is 1.81 bits per heavy atom. The first-order valence-corrected chi connectivity index (χ1v) is 7.61. The van der Waals surface area contributed by atoms with Crippen molar-refractivity contribution in [2.45, 2.75) is 0 Å². The maximum absolute atomic E-state index is 8.99. The zero-order chi connectivity index (χ0) is 14.5. The lowest BCUT2D eigenvalue weighted by atomic mass is 10.3. The summed E-state index contributed by atoms with van der Waals surface area (Å²) >= 11 is 0. The van der Waals surface area contributed by atoms with Gasteiger partial charge in [0.15, 0.2) is 0 Å². The summed E-state index contributed by atoms with van der Waals surface area (Å²) < 4.78 is 5.37. The van der Waals surface area contributed by atoms with Crippen LogP contribution in [0.2, 0.25) is 0 Å². The maximum atomic E-state index is 8.99. The van der Waals surface area contributed by atoms with E-state index in [9.17, 15) is 0 Å². The second-order valence-corrected chi connectivity index (χ2v) is 5.37. The number of ether oxygens (including phenoxy) is 1. The molecule has 0 atom stereocenters. The molecule has 2 aliphatic heterocycles. The van der Waals surface area contributed by atoms with Crippen molar-refractivity contribution in [3.05, 3.63) is 12.3 Å². The van der Waals surface area contributed by atoms with Gasteiger partial charge in [0.25, 0.3) is 0 Å². The third-order valence-corrected chi connectivity index (χ3v) is 4.03. The molecule has 0 aromatic carbocycles. The summed E-state index contributed by atoms with van der Waals surface area (Å²) in [5.41, 5.74) is 0. The Kier molecular flexibility index (Phi) is 4.84. The van der Waals surface area contributed by atoms with E-state index in [1.165, 1.54) is 0 Å². The maximum Gasteiger partial charge on any atom is 0.227 e. The second-order valence-electron chi connectivity index (χ2n) is 5.37. The minimum atomic E-state index is 0.231. The quantitative estimate of drug-likeness (QED) is 0.797. The Hall–Kier alpha value is -1.44. The number of morpholine rings is 1. The normalized spacial score (nSPS) is 20.8. The first-order chi connectivity index (χ1) is 10.4. The molecule has 0 amide bonds. The molecule has 21 heavy (non-hydrogen) atoms. The fraction of sp³-hybridized carbons (Fsp3) is 0.714. The molecular formula is C14H23N5O2. The van der Waals surface area contributed by atoms with Gasteiger partial charge in [0.05, 0.1) is 19.8 Å². The van der Waals surface area contributed by atoms with Crippen LogP contribution in [-0.2, 0) is 4.74 Å². The number of aromatic nitrogens is 2. The van der Waals surface area contributed by atoms with Crippen LogP contribution in [0.5, 0.6) is 0 Å². The highest BCUT2D eigenvalue weighted by Crippen LogP contribution is 2.17. The molecule has 0 spiro atoms. The molecule has 2 saturated heterocycles. The molecule has 0 saturated carbocycles. The smallest absolute Gasteiger partial charge is 0.227 e. The largest absolute Gasteiger partial charge is 0.395 e. The Morgan fingerprint density at radius 1 is 1.05 bits per heavy atom. The fourth-order valence-electron chi connectivity index (χ4n) is 2.77. The van der Waals surface area contributed by atoms with Crippen molar-refractivity contribution in [3.8, 4) is 0 Å². The van der Waals surface area contributed by atoms with Gasteiger partial charge in [-0.15, -0.1) is 0 Å². The monoisotopic (exact) mass is 293 g/mol. The van der Waals surface area contributed by atoms with Gasteiger partial charge in [0.1, 0.15) is 5.82 Å². The van der Waals surface area contributed by atoms with Crippen LogP contribution in [0.4, 0.5) is 11.8 Å². The zero-order valence-corrected chi connectivity index (χ0v) is 12.3. The molecule has 0 radical (unpaired) electrons. The number of β-amino-alcohol motifs (C(OH)–C–C–N with tert-alkyl or cyclic N) is 1. The topological polar surface area (TPSA) is 65.0 Å². The van der Waals surface area contributed by atoms with Crippen molar-refractivity contribution in [1.29, 1.82) is 0 Å². The van der Waals surface area contributed by atoms with Gasteiger partial charge in [-0.25, -0.2) is 4.98 Å². The van der Waals surface area contributed by atoms with Crippen molar-refractivity contribution in [2.75, 3.05) is 75.4 Å². The van der Waals surface area contributed by atoms with E-state index in [2.05, 4.69) is 19.7 Å². The molecule has 1 aromatic heterocycles. The Bertz CT molecular complexity index is 445. The molecule has 3 rings (SSSR count). The van der Waals surface area contributed by atoms with Gasteiger partial charge in [-0.1, -0.05) is 0 Å². The minimum absolute atomic E-state index is 0.231. The van der Waals surface area contributed by atoms with Crippen LogP contribution in [0.25, 0.3) is 0 Å². The molecule has 2 aliphatic rings. The Balaban J connectivity index is 1.63. The fourth-order valence-corrected chi connectivity index (χ4v) is 2.77. The van der Waals surface area contributed by atoms with Crippen molar-refractivity contribution >= 4 is 11.8 Å². The van der Waals surface area contributed by atoms with E-state index in [-0.39, 0.29) is 6.61 Å². The van der Waals surface area contributed by atoms with E-state index in [1.807, 2.05) is 12.3 Å². The van der Waals surface area contributed by atoms with Gasteiger partial charge in [-0.05, 0) is 6.07 Å². The number of aliphatic hydroxyl groups excluding tert-OH is 1. The second kappa shape index (κ2) is 7.02. The first-order valence-electron chi connectivity index (χ1n) is 7.61.